The summed E-state index contributed by atoms with van der Waals surface area (Å²) in [5.74, 6) is 0.510. The van der Waals surface area contributed by atoms with Crippen molar-refractivity contribution in [2.24, 2.45) is 7.05 Å². The SMILES string of the molecule is CCCOc1cc(NCCc2ncn(C)n2)c(N)cc1F. The largest absolute Gasteiger partial charge is 0.490 e. The van der Waals surface area contributed by atoms with Gasteiger partial charge >= 0.3 is 0 Å². The van der Waals surface area contributed by atoms with Gasteiger partial charge in [-0.25, -0.2) is 9.37 Å². The number of benzene rings is 1. The lowest BCUT2D eigenvalue weighted by Gasteiger charge is -2.12. The Balaban J connectivity index is 1.98. The van der Waals surface area contributed by atoms with Crippen LogP contribution in [0.4, 0.5) is 15.8 Å². The maximum Gasteiger partial charge on any atom is 0.167 e. The van der Waals surface area contributed by atoms with Crippen molar-refractivity contribution in [3.63, 3.8) is 0 Å². The van der Waals surface area contributed by atoms with E-state index in [4.69, 9.17) is 10.5 Å². The van der Waals surface area contributed by atoms with E-state index in [0.717, 1.165) is 12.2 Å². The molecule has 7 heteroatoms. The molecule has 0 aliphatic heterocycles. The summed E-state index contributed by atoms with van der Waals surface area (Å²) in [6.45, 7) is 3.04. The molecule has 114 valence electrons. The third-order valence-corrected chi connectivity index (χ3v) is 2.88. The Kier molecular flexibility index (Phi) is 4.97. The van der Waals surface area contributed by atoms with Crippen LogP contribution in [0, 0.1) is 5.82 Å². The zero-order valence-corrected chi connectivity index (χ0v) is 12.3. The predicted molar refractivity (Wildman–Crippen MR) is 79.8 cm³/mol. The quantitative estimate of drug-likeness (QED) is 0.763. The molecular weight excluding hydrogens is 273 g/mol. The van der Waals surface area contributed by atoms with Crippen molar-refractivity contribution in [3.05, 3.63) is 30.1 Å². The highest BCUT2D eigenvalue weighted by atomic mass is 19.1. The number of anilines is 2. The Morgan fingerprint density at radius 3 is 2.90 bits per heavy atom. The average molecular weight is 293 g/mol. The van der Waals surface area contributed by atoms with Gasteiger partial charge in [-0.2, -0.15) is 5.10 Å². The van der Waals surface area contributed by atoms with Crippen molar-refractivity contribution in [2.75, 3.05) is 24.2 Å². The third-order valence-electron chi connectivity index (χ3n) is 2.88. The monoisotopic (exact) mass is 293 g/mol. The van der Waals surface area contributed by atoms with Crippen molar-refractivity contribution in [1.82, 2.24) is 14.8 Å². The molecular formula is C14H20FN5O. The molecule has 0 unspecified atom stereocenters. The highest BCUT2D eigenvalue weighted by Gasteiger charge is 2.09. The van der Waals surface area contributed by atoms with E-state index in [1.54, 1.807) is 17.1 Å². The number of aromatic nitrogens is 3. The van der Waals surface area contributed by atoms with Crippen LogP contribution < -0.4 is 15.8 Å². The molecule has 6 nitrogen and oxygen atoms in total. The molecule has 0 amide bonds. The molecule has 0 saturated carbocycles. The molecule has 1 heterocycles. The van der Waals surface area contributed by atoms with Crippen molar-refractivity contribution in [2.45, 2.75) is 19.8 Å². The van der Waals surface area contributed by atoms with E-state index in [2.05, 4.69) is 15.4 Å². The number of halogens is 1. The number of rotatable bonds is 7. The normalized spacial score (nSPS) is 10.6. The second kappa shape index (κ2) is 6.92. The highest BCUT2D eigenvalue weighted by molar-refractivity contribution is 5.68. The summed E-state index contributed by atoms with van der Waals surface area (Å²) in [6, 6.07) is 2.86. The summed E-state index contributed by atoms with van der Waals surface area (Å²) in [6.07, 6.45) is 3.12. The van der Waals surface area contributed by atoms with Gasteiger partial charge in [0.15, 0.2) is 17.4 Å². The molecule has 21 heavy (non-hydrogen) atoms. The summed E-state index contributed by atoms with van der Waals surface area (Å²) in [4.78, 5) is 4.14. The fourth-order valence-electron chi connectivity index (χ4n) is 1.85. The minimum atomic E-state index is -0.446. The van der Waals surface area contributed by atoms with Gasteiger partial charge in [-0.3, -0.25) is 4.68 Å². The van der Waals surface area contributed by atoms with Gasteiger partial charge in [-0.15, -0.1) is 0 Å². The van der Waals surface area contributed by atoms with Gasteiger partial charge in [0.25, 0.3) is 0 Å². The number of nitrogens with zero attached hydrogens (tertiary/aromatic N) is 3. The number of aryl methyl sites for hydroxylation is 1. The minimum absolute atomic E-state index is 0.213. The van der Waals surface area contributed by atoms with Crippen molar-refractivity contribution in [3.8, 4) is 5.75 Å². The maximum atomic E-state index is 13.7. The topological polar surface area (TPSA) is 78.0 Å². The number of nitrogen functional groups attached to an aromatic ring is 1. The van der Waals surface area contributed by atoms with Gasteiger partial charge in [0, 0.05) is 32.1 Å². The second-order valence-electron chi connectivity index (χ2n) is 4.73. The first-order valence-corrected chi connectivity index (χ1v) is 6.90. The molecule has 1 aromatic carbocycles. The lowest BCUT2D eigenvalue weighted by Crippen LogP contribution is -2.09. The first-order chi connectivity index (χ1) is 10.1. The number of ether oxygens (including phenoxy) is 1. The molecule has 0 spiro atoms. The Bertz CT molecular complexity index is 599. The molecule has 2 aromatic rings. The molecule has 3 N–H and O–H groups in total. The van der Waals surface area contributed by atoms with Gasteiger partial charge in [-0.05, 0) is 6.42 Å². The van der Waals surface area contributed by atoms with Crippen LogP contribution in [-0.4, -0.2) is 27.9 Å². The Morgan fingerprint density at radius 1 is 1.43 bits per heavy atom. The van der Waals surface area contributed by atoms with Crippen LogP contribution in [0.15, 0.2) is 18.5 Å². The summed E-state index contributed by atoms with van der Waals surface area (Å²) in [5.41, 5.74) is 6.81. The van der Waals surface area contributed by atoms with E-state index < -0.39 is 5.82 Å². The fourth-order valence-corrected chi connectivity index (χ4v) is 1.85. The van der Waals surface area contributed by atoms with Crippen LogP contribution in [0.2, 0.25) is 0 Å². The van der Waals surface area contributed by atoms with Crippen LogP contribution in [-0.2, 0) is 13.5 Å². The summed E-state index contributed by atoms with van der Waals surface area (Å²) in [7, 11) is 1.82. The fraction of sp³-hybridized carbons (Fsp3) is 0.429. The molecule has 2 rings (SSSR count). The van der Waals surface area contributed by atoms with Crippen molar-refractivity contribution >= 4 is 11.4 Å². The average Bonchev–Trinajstić information content (AvgIpc) is 2.85. The zero-order valence-electron chi connectivity index (χ0n) is 12.3. The summed E-state index contributed by atoms with van der Waals surface area (Å²) >= 11 is 0. The Morgan fingerprint density at radius 2 is 2.24 bits per heavy atom. The number of nitrogens with two attached hydrogens (primary N) is 1. The first-order valence-electron chi connectivity index (χ1n) is 6.90. The van der Waals surface area contributed by atoms with Crippen molar-refractivity contribution in [1.29, 1.82) is 0 Å². The van der Waals surface area contributed by atoms with Crippen LogP contribution in [0.1, 0.15) is 19.2 Å². The van der Waals surface area contributed by atoms with Crippen molar-refractivity contribution < 1.29 is 9.13 Å². The molecule has 0 fully saturated rings. The number of hydrogen-bond donors (Lipinski definition) is 2. The van der Waals surface area contributed by atoms with E-state index in [0.29, 0.717) is 30.9 Å². The van der Waals surface area contributed by atoms with E-state index in [1.165, 1.54) is 6.07 Å². The van der Waals surface area contributed by atoms with E-state index in [1.807, 2.05) is 14.0 Å². The molecule has 0 bridgehead atoms. The highest BCUT2D eigenvalue weighted by Crippen LogP contribution is 2.28. The maximum absolute atomic E-state index is 13.7. The Hall–Kier alpha value is -2.31. The van der Waals surface area contributed by atoms with Crippen LogP contribution in [0.5, 0.6) is 5.75 Å². The minimum Gasteiger partial charge on any atom is -0.490 e. The predicted octanol–water partition coefficient (Wildman–Crippen LogP) is 1.98. The van der Waals surface area contributed by atoms with Gasteiger partial charge < -0.3 is 15.8 Å². The van der Waals surface area contributed by atoms with E-state index >= 15 is 0 Å². The standard InChI is InChI=1S/C14H20FN5O/c1-3-6-21-13-8-12(11(16)7-10(13)15)17-5-4-14-18-9-20(2)19-14/h7-9,17H,3-6,16H2,1-2H3. The van der Waals surface area contributed by atoms with Crippen LogP contribution in [0.3, 0.4) is 0 Å². The lowest BCUT2D eigenvalue weighted by atomic mass is 10.2. The summed E-state index contributed by atoms with van der Waals surface area (Å²) < 4.78 is 20.7. The molecule has 1 aromatic heterocycles. The van der Waals surface area contributed by atoms with E-state index in [9.17, 15) is 4.39 Å². The molecule has 0 atom stereocenters. The molecule has 0 radical (unpaired) electrons. The van der Waals surface area contributed by atoms with Gasteiger partial charge in [-0.1, -0.05) is 6.92 Å². The molecule has 0 aliphatic carbocycles. The second-order valence-corrected chi connectivity index (χ2v) is 4.73. The number of nitrogens with one attached hydrogen (secondary N) is 1. The lowest BCUT2D eigenvalue weighted by molar-refractivity contribution is 0.301. The smallest absolute Gasteiger partial charge is 0.167 e. The van der Waals surface area contributed by atoms with Gasteiger partial charge in [0.2, 0.25) is 0 Å². The number of hydrogen-bond acceptors (Lipinski definition) is 5. The van der Waals surface area contributed by atoms with Gasteiger partial charge in [0.1, 0.15) is 6.33 Å². The van der Waals surface area contributed by atoms with Crippen LogP contribution in [0.25, 0.3) is 0 Å². The third kappa shape index (κ3) is 4.08. The van der Waals surface area contributed by atoms with E-state index in [-0.39, 0.29) is 5.75 Å². The van der Waals surface area contributed by atoms with Gasteiger partial charge in [0.05, 0.1) is 18.0 Å². The Labute approximate surface area is 123 Å². The molecule has 0 aliphatic rings. The summed E-state index contributed by atoms with van der Waals surface area (Å²) in [5, 5.41) is 7.34. The first kappa shape index (κ1) is 15.1. The molecule has 0 saturated heterocycles. The van der Waals surface area contributed by atoms with Crippen LogP contribution >= 0.6 is 0 Å². The zero-order chi connectivity index (χ0) is 15.2.